The summed E-state index contributed by atoms with van der Waals surface area (Å²) in [5, 5.41) is 3.11. The summed E-state index contributed by atoms with van der Waals surface area (Å²) in [6, 6.07) is 6.01. The molecule has 0 aliphatic rings. The summed E-state index contributed by atoms with van der Waals surface area (Å²) < 4.78 is 2.04. The number of hydrogen-bond acceptors (Lipinski definition) is 2. The van der Waals surface area contributed by atoms with Crippen LogP contribution in [0.4, 0.5) is 5.82 Å². The Morgan fingerprint density at radius 2 is 2.25 bits per heavy atom. The van der Waals surface area contributed by atoms with E-state index in [1.807, 2.05) is 42.8 Å². The van der Waals surface area contributed by atoms with E-state index in [-0.39, 0.29) is 0 Å². The Labute approximate surface area is 71.0 Å². The zero-order valence-corrected chi connectivity index (χ0v) is 7.20. The van der Waals surface area contributed by atoms with Crippen LogP contribution in [-0.4, -0.2) is 16.4 Å². The summed E-state index contributed by atoms with van der Waals surface area (Å²) >= 11 is 0. The molecule has 0 fully saturated rings. The second-order valence-corrected chi connectivity index (χ2v) is 2.77. The SMILES string of the molecule is CNc1cccc2nc(C)cn12. The van der Waals surface area contributed by atoms with Crippen molar-refractivity contribution in [3.8, 4) is 0 Å². The van der Waals surface area contributed by atoms with Gasteiger partial charge >= 0.3 is 0 Å². The molecule has 0 aromatic carbocycles. The van der Waals surface area contributed by atoms with Gasteiger partial charge in [0.25, 0.3) is 0 Å². The first-order valence-corrected chi connectivity index (χ1v) is 3.94. The number of nitrogens with zero attached hydrogens (tertiary/aromatic N) is 2. The lowest BCUT2D eigenvalue weighted by atomic mass is 10.4. The third kappa shape index (κ3) is 0.942. The standard InChI is InChI=1S/C9H11N3/c1-7-6-12-8(10-2)4-3-5-9(12)11-7/h3-6,10H,1-2H3. The molecule has 2 rings (SSSR count). The smallest absolute Gasteiger partial charge is 0.138 e. The molecule has 0 aliphatic carbocycles. The molecular weight excluding hydrogens is 150 g/mol. The van der Waals surface area contributed by atoms with Crippen molar-refractivity contribution in [3.05, 3.63) is 30.1 Å². The van der Waals surface area contributed by atoms with Gasteiger partial charge in [-0.25, -0.2) is 4.98 Å². The second kappa shape index (κ2) is 2.52. The van der Waals surface area contributed by atoms with Crippen LogP contribution < -0.4 is 5.32 Å². The molecule has 0 unspecified atom stereocenters. The molecule has 3 nitrogen and oxygen atoms in total. The minimum atomic E-state index is 0.986. The van der Waals surface area contributed by atoms with Crippen molar-refractivity contribution in [3.63, 3.8) is 0 Å². The number of anilines is 1. The molecule has 2 aromatic rings. The lowest BCUT2D eigenvalue weighted by molar-refractivity contribution is 1.17. The van der Waals surface area contributed by atoms with E-state index in [1.54, 1.807) is 0 Å². The third-order valence-electron chi connectivity index (χ3n) is 1.87. The maximum absolute atomic E-state index is 4.34. The summed E-state index contributed by atoms with van der Waals surface area (Å²) in [5.74, 6) is 1.06. The number of rotatable bonds is 1. The number of pyridine rings is 1. The maximum atomic E-state index is 4.34. The Kier molecular flexibility index (Phi) is 1.50. The van der Waals surface area contributed by atoms with Crippen LogP contribution in [0.25, 0.3) is 5.65 Å². The van der Waals surface area contributed by atoms with Crippen molar-refractivity contribution in [1.29, 1.82) is 0 Å². The highest BCUT2D eigenvalue weighted by Crippen LogP contribution is 2.11. The summed E-state index contributed by atoms with van der Waals surface area (Å²) in [7, 11) is 1.91. The Morgan fingerprint density at radius 3 is 3.00 bits per heavy atom. The average Bonchev–Trinajstić information content (AvgIpc) is 2.44. The second-order valence-electron chi connectivity index (χ2n) is 2.77. The van der Waals surface area contributed by atoms with Crippen molar-refractivity contribution < 1.29 is 0 Å². The van der Waals surface area contributed by atoms with Crippen LogP contribution in [-0.2, 0) is 0 Å². The molecule has 0 amide bonds. The fourth-order valence-electron chi connectivity index (χ4n) is 1.34. The minimum Gasteiger partial charge on any atom is -0.374 e. The van der Waals surface area contributed by atoms with Gasteiger partial charge in [0, 0.05) is 13.2 Å². The normalized spacial score (nSPS) is 10.5. The summed E-state index contributed by atoms with van der Waals surface area (Å²) in [6.07, 6.45) is 2.02. The maximum Gasteiger partial charge on any atom is 0.138 e. The average molecular weight is 161 g/mol. The topological polar surface area (TPSA) is 29.3 Å². The predicted octanol–water partition coefficient (Wildman–Crippen LogP) is 1.68. The van der Waals surface area contributed by atoms with Crippen LogP contribution in [0.15, 0.2) is 24.4 Å². The van der Waals surface area contributed by atoms with E-state index < -0.39 is 0 Å². The molecule has 0 saturated heterocycles. The lowest BCUT2D eigenvalue weighted by Crippen LogP contribution is -1.95. The Bertz CT molecular complexity index is 403. The number of fused-ring (bicyclic) bond motifs is 1. The van der Waals surface area contributed by atoms with Gasteiger partial charge in [0.2, 0.25) is 0 Å². The van der Waals surface area contributed by atoms with Crippen LogP contribution in [0, 0.1) is 6.92 Å². The van der Waals surface area contributed by atoms with E-state index in [2.05, 4.69) is 10.3 Å². The van der Waals surface area contributed by atoms with Gasteiger partial charge in [-0.05, 0) is 19.1 Å². The highest BCUT2D eigenvalue weighted by atomic mass is 15.1. The molecule has 2 heterocycles. The molecule has 62 valence electrons. The fraction of sp³-hybridized carbons (Fsp3) is 0.222. The number of nitrogens with one attached hydrogen (secondary N) is 1. The number of aromatic nitrogens is 2. The first-order valence-electron chi connectivity index (χ1n) is 3.94. The molecular formula is C9H11N3. The van der Waals surface area contributed by atoms with E-state index in [4.69, 9.17) is 0 Å². The molecule has 1 N–H and O–H groups in total. The molecule has 3 heteroatoms. The predicted molar refractivity (Wildman–Crippen MR) is 49.5 cm³/mol. The third-order valence-corrected chi connectivity index (χ3v) is 1.87. The molecule has 0 bridgehead atoms. The number of imidazole rings is 1. The molecule has 0 aliphatic heterocycles. The molecule has 0 radical (unpaired) electrons. The van der Waals surface area contributed by atoms with Crippen molar-refractivity contribution in [2.24, 2.45) is 0 Å². The fourth-order valence-corrected chi connectivity index (χ4v) is 1.34. The highest BCUT2D eigenvalue weighted by Gasteiger charge is 1.99. The van der Waals surface area contributed by atoms with E-state index in [9.17, 15) is 0 Å². The number of hydrogen-bond donors (Lipinski definition) is 1. The summed E-state index contributed by atoms with van der Waals surface area (Å²) in [5.41, 5.74) is 2.03. The van der Waals surface area contributed by atoms with Crippen molar-refractivity contribution in [2.45, 2.75) is 6.92 Å². The highest BCUT2D eigenvalue weighted by molar-refractivity contribution is 5.50. The van der Waals surface area contributed by atoms with Gasteiger partial charge in [-0.1, -0.05) is 6.07 Å². The molecule has 0 atom stereocenters. The quantitative estimate of drug-likeness (QED) is 0.689. The van der Waals surface area contributed by atoms with Crippen LogP contribution >= 0.6 is 0 Å². The number of aryl methyl sites for hydroxylation is 1. The zero-order valence-electron chi connectivity index (χ0n) is 7.20. The Balaban J connectivity index is 2.78. The van der Waals surface area contributed by atoms with Gasteiger partial charge in [-0.15, -0.1) is 0 Å². The van der Waals surface area contributed by atoms with E-state index >= 15 is 0 Å². The van der Waals surface area contributed by atoms with Crippen molar-refractivity contribution >= 4 is 11.5 Å². The Hall–Kier alpha value is -1.51. The van der Waals surface area contributed by atoms with Gasteiger partial charge in [-0.2, -0.15) is 0 Å². The first kappa shape index (κ1) is 7.16. The largest absolute Gasteiger partial charge is 0.374 e. The van der Waals surface area contributed by atoms with E-state index in [1.165, 1.54) is 0 Å². The van der Waals surface area contributed by atoms with E-state index in [0.717, 1.165) is 17.2 Å². The van der Waals surface area contributed by atoms with Crippen LogP contribution in [0.3, 0.4) is 0 Å². The summed E-state index contributed by atoms with van der Waals surface area (Å²) in [6.45, 7) is 1.99. The van der Waals surface area contributed by atoms with Crippen molar-refractivity contribution in [1.82, 2.24) is 9.38 Å². The van der Waals surface area contributed by atoms with E-state index in [0.29, 0.717) is 0 Å². The minimum absolute atomic E-state index is 0.986. The van der Waals surface area contributed by atoms with Crippen LogP contribution in [0.1, 0.15) is 5.69 Å². The Morgan fingerprint density at radius 1 is 1.42 bits per heavy atom. The molecule has 2 aromatic heterocycles. The van der Waals surface area contributed by atoms with Crippen LogP contribution in [0.5, 0.6) is 0 Å². The van der Waals surface area contributed by atoms with Gasteiger partial charge in [-0.3, -0.25) is 4.40 Å². The van der Waals surface area contributed by atoms with Crippen molar-refractivity contribution in [2.75, 3.05) is 12.4 Å². The molecule has 0 saturated carbocycles. The van der Waals surface area contributed by atoms with Gasteiger partial charge < -0.3 is 5.32 Å². The van der Waals surface area contributed by atoms with Gasteiger partial charge in [0.1, 0.15) is 11.5 Å². The van der Waals surface area contributed by atoms with Gasteiger partial charge in [0.15, 0.2) is 0 Å². The summed E-state index contributed by atoms with van der Waals surface area (Å²) in [4.78, 5) is 4.34. The monoisotopic (exact) mass is 161 g/mol. The molecule has 0 spiro atoms. The molecule has 12 heavy (non-hydrogen) atoms. The van der Waals surface area contributed by atoms with Crippen LogP contribution in [0.2, 0.25) is 0 Å². The first-order chi connectivity index (χ1) is 5.81. The van der Waals surface area contributed by atoms with Gasteiger partial charge in [0.05, 0.1) is 5.69 Å². The lowest BCUT2D eigenvalue weighted by Gasteiger charge is -2.02. The zero-order chi connectivity index (χ0) is 8.55.